The van der Waals surface area contributed by atoms with E-state index < -0.39 is 0 Å². The molecule has 1 amide bonds. The predicted octanol–water partition coefficient (Wildman–Crippen LogP) is 3.19. The topological polar surface area (TPSA) is 43.1 Å². The van der Waals surface area contributed by atoms with Crippen molar-refractivity contribution in [2.45, 2.75) is 46.0 Å². The molecule has 0 aliphatic heterocycles. The Labute approximate surface area is 98.6 Å². The van der Waals surface area contributed by atoms with E-state index in [1.54, 1.807) is 0 Å². The average molecular weight is 221 g/mol. The molecule has 0 aromatic carbocycles. The summed E-state index contributed by atoms with van der Waals surface area (Å²) in [5.74, 6) is 0.304. The minimum absolute atomic E-state index is 0.0619. The second kappa shape index (κ2) is 6.51. The minimum Gasteiger partial charge on any atom is -0.369 e. The van der Waals surface area contributed by atoms with Crippen molar-refractivity contribution in [3.8, 4) is 0 Å². The zero-order chi connectivity index (χ0) is 12.0. The fourth-order valence-electron chi connectivity index (χ4n) is 2.52. The highest BCUT2D eigenvalue weighted by Crippen LogP contribution is 2.32. The van der Waals surface area contributed by atoms with E-state index in [-0.39, 0.29) is 11.8 Å². The summed E-state index contributed by atoms with van der Waals surface area (Å²) in [6.45, 7) is 4.39. The molecule has 0 aromatic rings. The van der Waals surface area contributed by atoms with Crippen LogP contribution in [0.15, 0.2) is 23.8 Å². The lowest BCUT2D eigenvalue weighted by molar-refractivity contribution is -0.120. The van der Waals surface area contributed by atoms with Gasteiger partial charge in [-0.15, -0.1) is 0 Å². The number of amides is 1. The first kappa shape index (κ1) is 13.0. The molecule has 0 aromatic heterocycles. The van der Waals surface area contributed by atoms with E-state index in [0.29, 0.717) is 5.92 Å². The number of rotatable bonds is 6. The number of carbonyl (C=O) groups excluding carboxylic acids is 1. The van der Waals surface area contributed by atoms with Crippen molar-refractivity contribution >= 4 is 5.91 Å². The molecule has 0 radical (unpaired) electrons. The van der Waals surface area contributed by atoms with E-state index >= 15 is 0 Å². The molecule has 16 heavy (non-hydrogen) atoms. The number of hydrogen-bond donors (Lipinski definition) is 1. The van der Waals surface area contributed by atoms with Crippen LogP contribution in [0.5, 0.6) is 0 Å². The van der Waals surface area contributed by atoms with Gasteiger partial charge in [-0.05, 0) is 25.2 Å². The third-order valence-corrected chi connectivity index (χ3v) is 3.29. The zero-order valence-electron chi connectivity index (χ0n) is 10.4. The van der Waals surface area contributed by atoms with Crippen molar-refractivity contribution < 1.29 is 4.79 Å². The summed E-state index contributed by atoms with van der Waals surface area (Å²) in [5, 5.41) is 0. The van der Waals surface area contributed by atoms with Gasteiger partial charge in [-0.1, -0.05) is 50.5 Å². The van der Waals surface area contributed by atoms with Crippen LogP contribution in [0, 0.1) is 11.8 Å². The SMILES string of the molecule is CCCC(CCC)C1=CC=CCC1C(N)=O. The minimum atomic E-state index is -0.173. The molecule has 1 aliphatic rings. The standard InChI is InChI=1S/C14H23NO/c1-3-7-11(8-4-2)12-9-5-6-10-13(12)14(15)16/h5-6,9,11,13H,3-4,7-8,10H2,1-2H3,(H2,15,16). The van der Waals surface area contributed by atoms with Crippen LogP contribution >= 0.6 is 0 Å². The third-order valence-electron chi connectivity index (χ3n) is 3.29. The lowest BCUT2D eigenvalue weighted by atomic mass is 9.78. The number of primary amides is 1. The maximum Gasteiger partial charge on any atom is 0.224 e. The van der Waals surface area contributed by atoms with Crippen LogP contribution in [-0.2, 0) is 4.79 Å². The molecule has 0 heterocycles. The largest absolute Gasteiger partial charge is 0.369 e. The Kier molecular flexibility index (Phi) is 5.30. The summed E-state index contributed by atoms with van der Waals surface area (Å²) in [5.41, 5.74) is 6.74. The van der Waals surface area contributed by atoms with Crippen molar-refractivity contribution in [1.82, 2.24) is 0 Å². The molecule has 90 valence electrons. The highest BCUT2D eigenvalue weighted by atomic mass is 16.1. The number of hydrogen-bond acceptors (Lipinski definition) is 1. The molecule has 2 heteroatoms. The van der Waals surface area contributed by atoms with E-state index in [9.17, 15) is 4.79 Å². The van der Waals surface area contributed by atoms with Crippen LogP contribution in [0.1, 0.15) is 46.0 Å². The summed E-state index contributed by atoms with van der Waals surface area (Å²) in [7, 11) is 0. The Morgan fingerprint density at radius 3 is 2.56 bits per heavy atom. The van der Waals surface area contributed by atoms with E-state index in [1.165, 1.54) is 5.57 Å². The van der Waals surface area contributed by atoms with Crippen molar-refractivity contribution in [1.29, 1.82) is 0 Å². The summed E-state index contributed by atoms with van der Waals surface area (Å²) in [6.07, 6.45) is 11.6. The molecule has 1 aliphatic carbocycles. The normalized spacial score (nSPS) is 19.9. The van der Waals surface area contributed by atoms with E-state index in [1.807, 2.05) is 6.08 Å². The van der Waals surface area contributed by atoms with E-state index in [4.69, 9.17) is 5.73 Å². The Hall–Kier alpha value is -1.05. The van der Waals surface area contributed by atoms with Gasteiger partial charge in [0, 0.05) is 0 Å². The summed E-state index contributed by atoms with van der Waals surface area (Å²) in [6, 6.07) is 0. The third kappa shape index (κ3) is 3.22. The van der Waals surface area contributed by atoms with Gasteiger partial charge in [0.1, 0.15) is 0 Å². The number of carbonyl (C=O) groups is 1. The Morgan fingerprint density at radius 1 is 1.44 bits per heavy atom. The highest BCUT2D eigenvalue weighted by Gasteiger charge is 2.26. The van der Waals surface area contributed by atoms with Gasteiger partial charge in [0.25, 0.3) is 0 Å². The molecule has 2 N–H and O–H groups in total. The van der Waals surface area contributed by atoms with Gasteiger partial charge in [-0.2, -0.15) is 0 Å². The molecule has 2 nitrogen and oxygen atoms in total. The van der Waals surface area contributed by atoms with Gasteiger partial charge in [-0.3, -0.25) is 4.79 Å². The molecule has 0 bridgehead atoms. The van der Waals surface area contributed by atoms with Crippen molar-refractivity contribution in [2.24, 2.45) is 17.6 Å². The highest BCUT2D eigenvalue weighted by molar-refractivity contribution is 5.80. The van der Waals surface area contributed by atoms with E-state index in [0.717, 1.165) is 32.1 Å². The fourth-order valence-corrected chi connectivity index (χ4v) is 2.52. The van der Waals surface area contributed by atoms with Crippen LogP contribution in [0.2, 0.25) is 0 Å². The van der Waals surface area contributed by atoms with Crippen LogP contribution in [0.3, 0.4) is 0 Å². The quantitative estimate of drug-likeness (QED) is 0.735. The van der Waals surface area contributed by atoms with Crippen molar-refractivity contribution in [3.63, 3.8) is 0 Å². The Morgan fingerprint density at radius 2 is 2.06 bits per heavy atom. The molecule has 0 spiro atoms. The van der Waals surface area contributed by atoms with Crippen LogP contribution < -0.4 is 5.73 Å². The maximum atomic E-state index is 11.4. The van der Waals surface area contributed by atoms with Gasteiger partial charge in [0.2, 0.25) is 5.91 Å². The first-order valence-electron chi connectivity index (χ1n) is 6.36. The van der Waals surface area contributed by atoms with Crippen LogP contribution in [0.4, 0.5) is 0 Å². The van der Waals surface area contributed by atoms with E-state index in [2.05, 4.69) is 26.0 Å². The Balaban J connectivity index is 2.82. The van der Waals surface area contributed by atoms with Gasteiger partial charge in [0.05, 0.1) is 5.92 Å². The first-order valence-corrected chi connectivity index (χ1v) is 6.36. The number of nitrogens with two attached hydrogens (primary N) is 1. The molecule has 1 rings (SSSR count). The second-order valence-electron chi connectivity index (χ2n) is 4.56. The molecule has 0 fully saturated rings. The monoisotopic (exact) mass is 221 g/mol. The van der Waals surface area contributed by atoms with Crippen molar-refractivity contribution in [2.75, 3.05) is 0 Å². The lowest BCUT2D eigenvalue weighted by Crippen LogP contribution is -2.28. The summed E-state index contributed by atoms with van der Waals surface area (Å²) >= 11 is 0. The van der Waals surface area contributed by atoms with Gasteiger partial charge in [0.15, 0.2) is 0 Å². The van der Waals surface area contributed by atoms with Crippen molar-refractivity contribution in [3.05, 3.63) is 23.8 Å². The first-order chi connectivity index (χ1) is 7.70. The summed E-state index contributed by atoms with van der Waals surface area (Å²) < 4.78 is 0. The number of allylic oxidation sites excluding steroid dienone is 3. The summed E-state index contributed by atoms with van der Waals surface area (Å²) in [4.78, 5) is 11.4. The fraction of sp³-hybridized carbons (Fsp3) is 0.643. The second-order valence-corrected chi connectivity index (χ2v) is 4.56. The average Bonchev–Trinajstić information content (AvgIpc) is 2.29. The Bertz CT molecular complexity index is 285. The maximum absolute atomic E-state index is 11.4. The van der Waals surface area contributed by atoms with Crippen LogP contribution in [-0.4, -0.2) is 5.91 Å². The zero-order valence-corrected chi connectivity index (χ0v) is 10.4. The predicted molar refractivity (Wildman–Crippen MR) is 67.8 cm³/mol. The molecular formula is C14H23NO. The molecule has 1 atom stereocenters. The molecular weight excluding hydrogens is 198 g/mol. The lowest BCUT2D eigenvalue weighted by Gasteiger charge is -2.26. The van der Waals surface area contributed by atoms with Crippen LogP contribution in [0.25, 0.3) is 0 Å². The van der Waals surface area contributed by atoms with Gasteiger partial charge < -0.3 is 5.73 Å². The van der Waals surface area contributed by atoms with Gasteiger partial charge in [-0.25, -0.2) is 0 Å². The molecule has 0 saturated heterocycles. The molecule has 1 unspecified atom stereocenters. The smallest absolute Gasteiger partial charge is 0.224 e. The molecule has 0 saturated carbocycles. The van der Waals surface area contributed by atoms with Gasteiger partial charge >= 0.3 is 0 Å².